The van der Waals surface area contributed by atoms with Crippen LogP contribution in [0, 0.1) is 5.41 Å². The molecule has 0 aliphatic rings. The normalized spacial score (nSPS) is 15.7. The van der Waals surface area contributed by atoms with E-state index in [1.54, 1.807) is 0 Å². The summed E-state index contributed by atoms with van der Waals surface area (Å²) in [5, 5.41) is 0. The third-order valence-corrected chi connectivity index (χ3v) is 3.34. The Morgan fingerprint density at radius 2 is 1.46 bits per heavy atom. The van der Waals surface area contributed by atoms with Crippen LogP contribution in [0.5, 0.6) is 0 Å². The van der Waals surface area contributed by atoms with Crippen molar-refractivity contribution < 1.29 is 0 Å². The molecule has 13 heavy (non-hydrogen) atoms. The second-order valence-electron chi connectivity index (χ2n) is 4.72. The van der Waals surface area contributed by atoms with Gasteiger partial charge in [0.1, 0.15) is 0 Å². The van der Waals surface area contributed by atoms with Crippen LogP contribution in [-0.4, -0.2) is 0 Å². The molecule has 0 radical (unpaired) electrons. The van der Waals surface area contributed by atoms with E-state index < -0.39 is 0 Å². The SMILES string of the molecule is CCCCCCC(C)(CC)CCC. The molecule has 0 saturated carbocycles. The molecular weight excluding hydrogens is 156 g/mol. The molecule has 0 nitrogen and oxygen atoms in total. The van der Waals surface area contributed by atoms with Crippen molar-refractivity contribution in [2.75, 3.05) is 0 Å². The lowest BCUT2D eigenvalue weighted by molar-refractivity contribution is 0.248. The van der Waals surface area contributed by atoms with E-state index in [-0.39, 0.29) is 0 Å². The fraction of sp³-hybridized carbons (Fsp3) is 1.00. The Balaban J connectivity index is 3.57. The van der Waals surface area contributed by atoms with Crippen molar-refractivity contribution in [3.8, 4) is 0 Å². The first kappa shape index (κ1) is 13.0. The van der Waals surface area contributed by atoms with Crippen LogP contribution in [0.3, 0.4) is 0 Å². The third-order valence-electron chi connectivity index (χ3n) is 3.34. The number of hydrogen-bond acceptors (Lipinski definition) is 0. The summed E-state index contributed by atoms with van der Waals surface area (Å²) in [6, 6.07) is 0. The van der Waals surface area contributed by atoms with Gasteiger partial charge in [-0.05, 0) is 18.3 Å². The Kier molecular flexibility index (Phi) is 7.41. The Morgan fingerprint density at radius 3 is 1.92 bits per heavy atom. The van der Waals surface area contributed by atoms with Crippen LogP contribution in [0.25, 0.3) is 0 Å². The maximum Gasteiger partial charge on any atom is -0.0329 e. The second kappa shape index (κ2) is 7.41. The average molecular weight is 184 g/mol. The molecule has 0 N–H and O–H groups in total. The summed E-state index contributed by atoms with van der Waals surface area (Å²) >= 11 is 0. The van der Waals surface area contributed by atoms with Crippen LogP contribution >= 0.6 is 0 Å². The highest BCUT2D eigenvalue weighted by molar-refractivity contribution is 4.71. The van der Waals surface area contributed by atoms with E-state index in [0.29, 0.717) is 5.41 Å². The molecule has 0 saturated heterocycles. The van der Waals surface area contributed by atoms with Gasteiger partial charge < -0.3 is 0 Å². The average Bonchev–Trinajstić information content (AvgIpc) is 2.13. The lowest BCUT2D eigenvalue weighted by Crippen LogP contribution is -2.14. The van der Waals surface area contributed by atoms with Crippen molar-refractivity contribution in [2.24, 2.45) is 5.41 Å². The molecule has 0 aromatic heterocycles. The molecule has 0 amide bonds. The zero-order valence-electron chi connectivity index (χ0n) is 10.2. The lowest BCUT2D eigenvalue weighted by atomic mass is 9.78. The zero-order chi connectivity index (χ0) is 10.2. The molecule has 1 unspecified atom stereocenters. The monoisotopic (exact) mass is 184 g/mol. The minimum Gasteiger partial charge on any atom is -0.0654 e. The van der Waals surface area contributed by atoms with Gasteiger partial charge in [0.2, 0.25) is 0 Å². The maximum absolute atomic E-state index is 2.46. The summed E-state index contributed by atoms with van der Waals surface area (Å²) in [5.41, 5.74) is 0.641. The molecule has 0 rings (SSSR count). The molecule has 0 bridgehead atoms. The summed E-state index contributed by atoms with van der Waals surface area (Å²) in [7, 11) is 0. The van der Waals surface area contributed by atoms with Gasteiger partial charge in [0.25, 0.3) is 0 Å². The van der Waals surface area contributed by atoms with Gasteiger partial charge in [-0.2, -0.15) is 0 Å². The van der Waals surface area contributed by atoms with Gasteiger partial charge in [-0.25, -0.2) is 0 Å². The van der Waals surface area contributed by atoms with Crippen molar-refractivity contribution in [3.05, 3.63) is 0 Å². The summed E-state index contributed by atoms with van der Waals surface area (Å²) in [5.74, 6) is 0. The maximum atomic E-state index is 2.46. The van der Waals surface area contributed by atoms with E-state index in [1.807, 2.05) is 0 Å². The molecule has 0 aliphatic carbocycles. The van der Waals surface area contributed by atoms with Gasteiger partial charge in [0.15, 0.2) is 0 Å². The first-order valence-corrected chi connectivity index (χ1v) is 6.18. The van der Waals surface area contributed by atoms with Crippen molar-refractivity contribution in [2.45, 2.75) is 79.1 Å². The van der Waals surface area contributed by atoms with E-state index in [2.05, 4.69) is 27.7 Å². The van der Waals surface area contributed by atoms with E-state index in [9.17, 15) is 0 Å². The number of rotatable bonds is 8. The second-order valence-corrected chi connectivity index (χ2v) is 4.72. The topological polar surface area (TPSA) is 0 Å². The first-order valence-electron chi connectivity index (χ1n) is 6.18. The van der Waals surface area contributed by atoms with Crippen molar-refractivity contribution >= 4 is 0 Å². The number of unbranched alkanes of at least 4 members (excludes halogenated alkanes) is 3. The molecule has 0 aromatic carbocycles. The van der Waals surface area contributed by atoms with E-state index >= 15 is 0 Å². The van der Waals surface area contributed by atoms with Gasteiger partial charge in [-0.3, -0.25) is 0 Å². The molecule has 0 aromatic rings. The standard InChI is InChI=1S/C13H28/c1-5-8-9-10-12-13(4,7-3)11-6-2/h5-12H2,1-4H3. The van der Waals surface area contributed by atoms with Crippen molar-refractivity contribution in [3.63, 3.8) is 0 Å². The largest absolute Gasteiger partial charge is 0.0654 e. The Labute approximate surface area is 85.1 Å². The van der Waals surface area contributed by atoms with Gasteiger partial charge in [0.05, 0.1) is 0 Å². The van der Waals surface area contributed by atoms with Crippen LogP contribution < -0.4 is 0 Å². The van der Waals surface area contributed by atoms with Gasteiger partial charge in [0, 0.05) is 0 Å². The van der Waals surface area contributed by atoms with Crippen LogP contribution in [0.2, 0.25) is 0 Å². The van der Waals surface area contributed by atoms with E-state index in [1.165, 1.54) is 51.4 Å². The molecule has 0 spiro atoms. The molecule has 0 heterocycles. The molecule has 80 valence electrons. The van der Waals surface area contributed by atoms with Gasteiger partial charge in [-0.1, -0.05) is 66.2 Å². The van der Waals surface area contributed by atoms with E-state index in [0.717, 1.165) is 0 Å². The van der Waals surface area contributed by atoms with Crippen LogP contribution in [-0.2, 0) is 0 Å². The van der Waals surface area contributed by atoms with Crippen molar-refractivity contribution in [1.82, 2.24) is 0 Å². The predicted molar refractivity (Wildman–Crippen MR) is 62.1 cm³/mol. The highest BCUT2D eigenvalue weighted by Crippen LogP contribution is 2.33. The smallest absolute Gasteiger partial charge is 0.0329 e. The molecule has 0 heteroatoms. The fourth-order valence-corrected chi connectivity index (χ4v) is 2.06. The zero-order valence-corrected chi connectivity index (χ0v) is 10.2. The highest BCUT2D eigenvalue weighted by atomic mass is 14.2. The molecule has 0 fully saturated rings. The van der Waals surface area contributed by atoms with Gasteiger partial charge in [-0.15, -0.1) is 0 Å². The van der Waals surface area contributed by atoms with Crippen LogP contribution in [0.1, 0.15) is 79.1 Å². The highest BCUT2D eigenvalue weighted by Gasteiger charge is 2.19. The summed E-state index contributed by atoms with van der Waals surface area (Å²) in [6.45, 7) is 9.39. The minimum atomic E-state index is 0.641. The Morgan fingerprint density at radius 1 is 0.769 bits per heavy atom. The third kappa shape index (κ3) is 6.12. The van der Waals surface area contributed by atoms with Crippen LogP contribution in [0.4, 0.5) is 0 Å². The predicted octanol–water partition coefficient (Wildman–Crippen LogP) is 5.17. The minimum absolute atomic E-state index is 0.641. The van der Waals surface area contributed by atoms with Gasteiger partial charge >= 0.3 is 0 Å². The molecular formula is C13H28. The first-order chi connectivity index (χ1) is 6.18. The summed E-state index contributed by atoms with van der Waals surface area (Å²) < 4.78 is 0. The summed E-state index contributed by atoms with van der Waals surface area (Å²) in [6.07, 6.45) is 11.2. The Bertz CT molecular complexity index is 107. The van der Waals surface area contributed by atoms with E-state index in [4.69, 9.17) is 0 Å². The fourth-order valence-electron chi connectivity index (χ4n) is 2.06. The molecule has 1 atom stereocenters. The summed E-state index contributed by atoms with van der Waals surface area (Å²) in [4.78, 5) is 0. The quantitative estimate of drug-likeness (QED) is 0.456. The Hall–Kier alpha value is 0. The lowest BCUT2D eigenvalue weighted by Gasteiger charge is -2.27. The van der Waals surface area contributed by atoms with Crippen LogP contribution in [0.15, 0.2) is 0 Å². The van der Waals surface area contributed by atoms with Crippen molar-refractivity contribution in [1.29, 1.82) is 0 Å². The molecule has 0 aliphatic heterocycles. The number of hydrogen-bond donors (Lipinski definition) is 0.